The zero-order chi connectivity index (χ0) is 14.8. The molecule has 1 aromatic carbocycles. The van der Waals surface area contributed by atoms with E-state index in [0.29, 0.717) is 5.92 Å². The second-order valence-electron chi connectivity index (χ2n) is 6.19. The second kappa shape index (κ2) is 6.37. The maximum absolute atomic E-state index is 6.13. The third kappa shape index (κ3) is 3.09. The molecular formula is C17H24ClN3. The maximum atomic E-state index is 6.13. The van der Waals surface area contributed by atoms with Gasteiger partial charge in [-0.25, -0.2) is 4.98 Å². The Morgan fingerprint density at radius 2 is 2.33 bits per heavy atom. The van der Waals surface area contributed by atoms with Crippen molar-refractivity contribution in [3.8, 4) is 0 Å². The number of rotatable bonds is 4. The van der Waals surface area contributed by atoms with Gasteiger partial charge in [-0.15, -0.1) is 0 Å². The predicted molar refractivity (Wildman–Crippen MR) is 88.9 cm³/mol. The van der Waals surface area contributed by atoms with Crippen LogP contribution in [0.5, 0.6) is 0 Å². The lowest BCUT2D eigenvalue weighted by atomic mass is 9.85. The molecule has 1 saturated heterocycles. The quantitative estimate of drug-likeness (QED) is 0.929. The van der Waals surface area contributed by atoms with Crippen molar-refractivity contribution >= 4 is 22.6 Å². The first-order chi connectivity index (χ1) is 10.2. The normalized spacial score (nSPS) is 20.8. The van der Waals surface area contributed by atoms with Crippen molar-refractivity contribution in [2.45, 2.75) is 39.7 Å². The summed E-state index contributed by atoms with van der Waals surface area (Å²) in [6.07, 6.45) is 3.69. The summed E-state index contributed by atoms with van der Waals surface area (Å²) in [6.45, 7) is 7.82. The Morgan fingerprint density at radius 1 is 1.48 bits per heavy atom. The lowest BCUT2D eigenvalue weighted by Gasteiger charge is -2.28. The van der Waals surface area contributed by atoms with E-state index in [2.05, 4.69) is 23.7 Å². The fourth-order valence-corrected chi connectivity index (χ4v) is 3.64. The van der Waals surface area contributed by atoms with Crippen molar-refractivity contribution in [2.75, 3.05) is 13.1 Å². The molecule has 21 heavy (non-hydrogen) atoms. The van der Waals surface area contributed by atoms with E-state index in [4.69, 9.17) is 16.6 Å². The summed E-state index contributed by atoms with van der Waals surface area (Å²) < 4.78 is 2.31. The fraction of sp³-hybridized carbons (Fsp3) is 0.588. The van der Waals surface area contributed by atoms with Crippen molar-refractivity contribution < 1.29 is 0 Å². The maximum Gasteiger partial charge on any atom is 0.110 e. The van der Waals surface area contributed by atoms with Gasteiger partial charge in [0, 0.05) is 18.0 Å². The lowest BCUT2D eigenvalue weighted by Crippen LogP contribution is -2.34. The van der Waals surface area contributed by atoms with Gasteiger partial charge < -0.3 is 9.88 Å². The third-order valence-corrected chi connectivity index (χ3v) is 4.98. The molecule has 114 valence electrons. The number of nitrogens with zero attached hydrogens (tertiary/aromatic N) is 2. The molecule has 2 heterocycles. The molecule has 0 radical (unpaired) electrons. The molecular weight excluding hydrogens is 282 g/mol. The highest BCUT2D eigenvalue weighted by Crippen LogP contribution is 2.26. The molecule has 0 aliphatic carbocycles. The van der Waals surface area contributed by atoms with Gasteiger partial charge in [0.25, 0.3) is 0 Å². The molecule has 1 fully saturated rings. The van der Waals surface area contributed by atoms with Crippen LogP contribution in [0.2, 0.25) is 5.02 Å². The SMILES string of the molecule is CCn1c(CC(C)C2CCCNC2)nc2ccc(Cl)cc21. The standard InChI is InChI=1S/C17H24ClN3/c1-3-21-16-10-14(18)6-7-15(16)20-17(21)9-12(2)13-5-4-8-19-11-13/h6-7,10,12-13,19H,3-5,8-9,11H2,1-2H3. The van der Waals surface area contributed by atoms with Crippen molar-refractivity contribution in [1.29, 1.82) is 0 Å². The highest BCUT2D eigenvalue weighted by Gasteiger charge is 2.22. The molecule has 2 unspecified atom stereocenters. The van der Waals surface area contributed by atoms with Crippen LogP contribution in [0.25, 0.3) is 11.0 Å². The van der Waals surface area contributed by atoms with Gasteiger partial charge in [-0.1, -0.05) is 18.5 Å². The molecule has 1 N–H and O–H groups in total. The Kier molecular flexibility index (Phi) is 4.51. The van der Waals surface area contributed by atoms with E-state index < -0.39 is 0 Å². The van der Waals surface area contributed by atoms with Crippen molar-refractivity contribution in [3.63, 3.8) is 0 Å². The van der Waals surface area contributed by atoms with Gasteiger partial charge in [0.2, 0.25) is 0 Å². The zero-order valence-electron chi connectivity index (χ0n) is 12.9. The van der Waals surface area contributed by atoms with Gasteiger partial charge >= 0.3 is 0 Å². The fourth-order valence-electron chi connectivity index (χ4n) is 3.47. The number of aryl methyl sites for hydroxylation is 1. The summed E-state index contributed by atoms with van der Waals surface area (Å²) in [7, 11) is 0. The summed E-state index contributed by atoms with van der Waals surface area (Å²) in [4.78, 5) is 4.84. The molecule has 0 spiro atoms. The van der Waals surface area contributed by atoms with Crippen molar-refractivity contribution in [3.05, 3.63) is 29.0 Å². The zero-order valence-corrected chi connectivity index (χ0v) is 13.7. The molecule has 3 rings (SSSR count). The van der Waals surface area contributed by atoms with Gasteiger partial charge in [-0.2, -0.15) is 0 Å². The summed E-state index contributed by atoms with van der Waals surface area (Å²) in [5.74, 6) is 2.63. The molecule has 0 saturated carbocycles. The van der Waals surface area contributed by atoms with E-state index in [1.54, 1.807) is 0 Å². The average molecular weight is 306 g/mol. The Bertz CT molecular complexity index is 614. The number of hydrogen-bond acceptors (Lipinski definition) is 2. The Morgan fingerprint density at radius 3 is 3.05 bits per heavy atom. The molecule has 0 amide bonds. The minimum Gasteiger partial charge on any atom is -0.328 e. The number of halogens is 1. The van der Waals surface area contributed by atoms with Crippen molar-refractivity contribution in [2.24, 2.45) is 11.8 Å². The number of fused-ring (bicyclic) bond motifs is 1. The summed E-state index contributed by atoms with van der Waals surface area (Å²) in [6, 6.07) is 5.99. The van der Waals surface area contributed by atoms with Crippen LogP contribution in [0, 0.1) is 11.8 Å². The smallest absolute Gasteiger partial charge is 0.110 e. The number of nitrogens with one attached hydrogen (secondary N) is 1. The molecule has 3 nitrogen and oxygen atoms in total. The van der Waals surface area contributed by atoms with Crippen LogP contribution in [-0.4, -0.2) is 22.6 Å². The van der Waals surface area contributed by atoms with Gasteiger partial charge in [-0.3, -0.25) is 0 Å². The molecule has 2 aromatic rings. The lowest BCUT2D eigenvalue weighted by molar-refractivity contribution is 0.274. The van der Waals surface area contributed by atoms with Crippen LogP contribution in [0.4, 0.5) is 0 Å². The highest BCUT2D eigenvalue weighted by atomic mass is 35.5. The van der Waals surface area contributed by atoms with Crippen LogP contribution < -0.4 is 5.32 Å². The van der Waals surface area contributed by atoms with Gasteiger partial charge in [-0.05, 0) is 62.9 Å². The van der Waals surface area contributed by atoms with Crippen LogP contribution in [-0.2, 0) is 13.0 Å². The first-order valence-corrected chi connectivity index (χ1v) is 8.42. The number of aromatic nitrogens is 2. The molecule has 2 atom stereocenters. The summed E-state index contributed by atoms with van der Waals surface area (Å²) in [5, 5.41) is 4.30. The number of piperidine rings is 1. The molecule has 1 aliphatic heterocycles. The van der Waals surface area contributed by atoms with E-state index in [0.717, 1.165) is 41.5 Å². The molecule has 1 aliphatic rings. The van der Waals surface area contributed by atoms with Crippen LogP contribution >= 0.6 is 11.6 Å². The van der Waals surface area contributed by atoms with Crippen LogP contribution in [0.3, 0.4) is 0 Å². The van der Waals surface area contributed by atoms with Gasteiger partial charge in [0.05, 0.1) is 11.0 Å². The minimum atomic E-state index is 0.662. The molecule has 1 aromatic heterocycles. The molecule has 4 heteroatoms. The van der Waals surface area contributed by atoms with Crippen LogP contribution in [0.15, 0.2) is 18.2 Å². The van der Waals surface area contributed by atoms with E-state index in [1.165, 1.54) is 25.2 Å². The van der Waals surface area contributed by atoms with E-state index in [-0.39, 0.29) is 0 Å². The highest BCUT2D eigenvalue weighted by molar-refractivity contribution is 6.31. The van der Waals surface area contributed by atoms with E-state index in [1.807, 2.05) is 18.2 Å². The monoisotopic (exact) mass is 305 g/mol. The largest absolute Gasteiger partial charge is 0.328 e. The Hall–Kier alpha value is -1.06. The van der Waals surface area contributed by atoms with Gasteiger partial charge in [0.15, 0.2) is 0 Å². The number of imidazole rings is 1. The first-order valence-electron chi connectivity index (χ1n) is 8.04. The second-order valence-corrected chi connectivity index (χ2v) is 6.63. The minimum absolute atomic E-state index is 0.662. The topological polar surface area (TPSA) is 29.9 Å². The summed E-state index contributed by atoms with van der Waals surface area (Å²) >= 11 is 6.13. The predicted octanol–water partition coefficient (Wildman–Crippen LogP) is 3.89. The third-order valence-electron chi connectivity index (χ3n) is 4.75. The van der Waals surface area contributed by atoms with E-state index >= 15 is 0 Å². The Balaban J connectivity index is 1.85. The number of hydrogen-bond donors (Lipinski definition) is 1. The van der Waals surface area contributed by atoms with E-state index in [9.17, 15) is 0 Å². The van der Waals surface area contributed by atoms with Crippen molar-refractivity contribution in [1.82, 2.24) is 14.9 Å². The molecule has 0 bridgehead atoms. The van der Waals surface area contributed by atoms with Crippen LogP contribution in [0.1, 0.15) is 32.5 Å². The Labute approximate surface area is 131 Å². The van der Waals surface area contributed by atoms with Gasteiger partial charge in [0.1, 0.15) is 5.82 Å². The first kappa shape index (κ1) is 14.9. The summed E-state index contributed by atoms with van der Waals surface area (Å²) in [5.41, 5.74) is 2.22. The average Bonchev–Trinajstić information content (AvgIpc) is 2.84. The number of benzene rings is 1.